The molecule has 10 heteroatoms. The Labute approximate surface area is 222 Å². The third-order valence-corrected chi connectivity index (χ3v) is 7.36. The lowest BCUT2D eigenvalue weighted by Gasteiger charge is -2.33. The van der Waals surface area contributed by atoms with E-state index in [0.717, 1.165) is 32.5 Å². The molecule has 0 spiro atoms. The van der Waals surface area contributed by atoms with Crippen LogP contribution in [-0.2, 0) is 26.2 Å². The highest BCUT2D eigenvalue weighted by Gasteiger charge is 2.31. The Morgan fingerprint density at radius 1 is 1.11 bits per heavy atom. The van der Waals surface area contributed by atoms with E-state index in [1.165, 1.54) is 4.90 Å². The summed E-state index contributed by atoms with van der Waals surface area (Å²) in [6, 6.07) is 13.4. The Hall–Kier alpha value is -2.34. The Morgan fingerprint density at radius 3 is 2.37 bits per heavy atom. The normalized spacial score (nSPS) is 12.0. The zero-order valence-corrected chi connectivity index (χ0v) is 23.6. The summed E-state index contributed by atoms with van der Waals surface area (Å²) in [5.74, 6) is -0.0846. The van der Waals surface area contributed by atoms with Crippen LogP contribution in [0.15, 0.2) is 48.5 Å². The van der Waals surface area contributed by atoms with E-state index < -0.39 is 28.5 Å². The molecule has 0 aliphatic carbocycles. The molecule has 2 aromatic rings. The van der Waals surface area contributed by atoms with Crippen LogP contribution in [0.5, 0.6) is 5.75 Å². The van der Waals surface area contributed by atoms with Gasteiger partial charge in [-0.05, 0) is 77.4 Å². The average Bonchev–Trinajstić information content (AvgIpc) is 2.82. The first-order valence-electron chi connectivity index (χ1n) is 11.5. The lowest BCUT2D eigenvalue weighted by molar-refractivity contribution is -0.140. The summed E-state index contributed by atoms with van der Waals surface area (Å²) < 4.78 is 32.6. The number of methoxy groups -OCH3 is 1. The first-order chi connectivity index (χ1) is 16.6. The molecular formula is C25H34IN3O5S. The summed E-state index contributed by atoms with van der Waals surface area (Å²) in [5, 5.41) is 2.91. The molecule has 0 aliphatic rings. The Kier molecular flexibility index (Phi) is 11.3. The zero-order chi connectivity index (χ0) is 26.0. The lowest BCUT2D eigenvalue weighted by Crippen LogP contribution is -2.52. The van der Waals surface area contributed by atoms with Gasteiger partial charge < -0.3 is 15.0 Å². The highest BCUT2D eigenvalue weighted by Crippen LogP contribution is 2.22. The summed E-state index contributed by atoms with van der Waals surface area (Å²) in [6.07, 6.45) is 3.22. The van der Waals surface area contributed by atoms with Crippen LogP contribution < -0.4 is 14.4 Å². The summed E-state index contributed by atoms with van der Waals surface area (Å²) in [7, 11) is -2.19. The number of nitrogens with one attached hydrogen (secondary N) is 1. The van der Waals surface area contributed by atoms with Crippen molar-refractivity contribution in [3.05, 3.63) is 57.7 Å². The summed E-state index contributed by atoms with van der Waals surface area (Å²) in [5.41, 5.74) is 1.17. The molecule has 0 saturated carbocycles. The number of anilines is 1. The number of hydrogen-bond acceptors (Lipinski definition) is 5. The van der Waals surface area contributed by atoms with Gasteiger partial charge in [0.25, 0.3) is 0 Å². The maximum absolute atomic E-state index is 13.6. The fourth-order valence-electron chi connectivity index (χ4n) is 3.61. The molecule has 2 amide bonds. The molecule has 0 radical (unpaired) electrons. The minimum Gasteiger partial charge on any atom is -0.497 e. The van der Waals surface area contributed by atoms with Crippen molar-refractivity contribution in [3.63, 3.8) is 0 Å². The highest BCUT2D eigenvalue weighted by atomic mass is 127. The summed E-state index contributed by atoms with van der Waals surface area (Å²) in [4.78, 5) is 28.1. The van der Waals surface area contributed by atoms with E-state index in [2.05, 4.69) is 27.9 Å². The number of halogens is 1. The van der Waals surface area contributed by atoms with Gasteiger partial charge in [-0.1, -0.05) is 32.4 Å². The molecule has 1 N–H and O–H groups in total. The van der Waals surface area contributed by atoms with Gasteiger partial charge in [-0.15, -0.1) is 0 Å². The van der Waals surface area contributed by atoms with Crippen molar-refractivity contribution >= 4 is 50.1 Å². The lowest BCUT2D eigenvalue weighted by atomic mass is 10.1. The smallest absolute Gasteiger partial charge is 0.244 e. The molecule has 2 rings (SSSR count). The fourth-order valence-corrected chi connectivity index (χ4v) is 4.82. The molecule has 1 atom stereocenters. The molecule has 2 aromatic carbocycles. The average molecular weight is 616 g/mol. The number of amides is 2. The predicted octanol–water partition coefficient (Wildman–Crippen LogP) is 3.79. The van der Waals surface area contributed by atoms with Crippen LogP contribution in [0.1, 0.15) is 38.7 Å². The van der Waals surface area contributed by atoms with Crippen LogP contribution in [-0.4, -0.2) is 57.6 Å². The molecule has 0 saturated heterocycles. The van der Waals surface area contributed by atoms with Crippen LogP contribution in [0.25, 0.3) is 0 Å². The molecule has 0 aliphatic heterocycles. The van der Waals surface area contributed by atoms with Gasteiger partial charge in [0.05, 0.1) is 19.1 Å². The summed E-state index contributed by atoms with van der Waals surface area (Å²) in [6.45, 7) is 4.11. The minimum absolute atomic E-state index is 0.139. The van der Waals surface area contributed by atoms with Gasteiger partial charge in [0, 0.05) is 16.7 Å². The van der Waals surface area contributed by atoms with Crippen molar-refractivity contribution in [2.24, 2.45) is 0 Å². The van der Waals surface area contributed by atoms with Gasteiger partial charge in [0.1, 0.15) is 18.3 Å². The number of benzene rings is 2. The molecule has 1 unspecified atom stereocenters. The Balaban J connectivity index is 2.40. The fraction of sp³-hybridized carbons (Fsp3) is 0.440. The second-order valence-electron chi connectivity index (χ2n) is 8.19. The van der Waals surface area contributed by atoms with Crippen LogP contribution >= 0.6 is 22.6 Å². The second-order valence-corrected chi connectivity index (χ2v) is 11.3. The maximum Gasteiger partial charge on any atom is 0.244 e. The molecule has 35 heavy (non-hydrogen) atoms. The monoisotopic (exact) mass is 615 g/mol. The van der Waals surface area contributed by atoms with Crippen LogP contribution in [0.3, 0.4) is 0 Å². The van der Waals surface area contributed by atoms with Crippen molar-refractivity contribution in [3.8, 4) is 5.75 Å². The van der Waals surface area contributed by atoms with Gasteiger partial charge in [-0.3, -0.25) is 13.9 Å². The van der Waals surface area contributed by atoms with E-state index in [-0.39, 0.29) is 12.5 Å². The Morgan fingerprint density at radius 2 is 1.80 bits per heavy atom. The van der Waals surface area contributed by atoms with E-state index in [1.807, 2.05) is 26.0 Å². The van der Waals surface area contributed by atoms with Gasteiger partial charge in [-0.25, -0.2) is 8.42 Å². The quantitative estimate of drug-likeness (QED) is 0.274. The van der Waals surface area contributed by atoms with Gasteiger partial charge in [-0.2, -0.15) is 0 Å². The summed E-state index contributed by atoms with van der Waals surface area (Å²) >= 11 is 2.13. The molecule has 0 fully saturated rings. The second kappa shape index (κ2) is 13.7. The van der Waals surface area contributed by atoms with Crippen LogP contribution in [0, 0.1) is 3.57 Å². The molecule has 0 aromatic heterocycles. The van der Waals surface area contributed by atoms with Crippen LogP contribution in [0.4, 0.5) is 5.69 Å². The largest absolute Gasteiger partial charge is 0.497 e. The van der Waals surface area contributed by atoms with Crippen molar-refractivity contribution < 1.29 is 22.7 Å². The van der Waals surface area contributed by atoms with E-state index in [1.54, 1.807) is 43.5 Å². The number of nitrogens with zero attached hydrogens (tertiary/aromatic N) is 2. The van der Waals surface area contributed by atoms with E-state index in [0.29, 0.717) is 24.4 Å². The SMILES string of the molecule is CCCCNC(=O)C(CC)N(Cc1cccc(OC)c1)C(=O)CN(c1ccc(I)cc1)S(C)(=O)=O. The molecule has 192 valence electrons. The number of rotatable bonds is 13. The van der Waals surface area contributed by atoms with Crippen molar-refractivity contribution in [1.29, 1.82) is 0 Å². The van der Waals surface area contributed by atoms with Crippen molar-refractivity contribution in [2.75, 3.05) is 30.8 Å². The number of unbranched alkanes of at least 4 members (excludes halogenated alkanes) is 1. The van der Waals surface area contributed by atoms with E-state index in [4.69, 9.17) is 4.74 Å². The standard InChI is InChI=1S/C25H34IN3O5S/c1-5-7-15-27-25(31)23(6-2)28(17-19-9-8-10-22(16-19)34-3)24(30)18-29(35(4,32)33)21-13-11-20(26)12-14-21/h8-14,16,23H,5-7,15,17-18H2,1-4H3,(H,27,31). The van der Waals surface area contributed by atoms with Crippen molar-refractivity contribution in [2.45, 2.75) is 45.7 Å². The van der Waals surface area contributed by atoms with Gasteiger partial charge in [0.15, 0.2) is 0 Å². The highest BCUT2D eigenvalue weighted by molar-refractivity contribution is 14.1. The van der Waals surface area contributed by atoms with Crippen LogP contribution in [0.2, 0.25) is 0 Å². The molecule has 0 bridgehead atoms. The number of ether oxygens (including phenoxy) is 1. The Bertz CT molecular complexity index is 1090. The number of sulfonamides is 1. The number of carbonyl (C=O) groups excluding carboxylic acids is 2. The topological polar surface area (TPSA) is 96.0 Å². The molecule has 8 nitrogen and oxygen atoms in total. The number of carbonyl (C=O) groups is 2. The van der Waals surface area contributed by atoms with Gasteiger partial charge in [0.2, 0.25) is 21.8 Å². The van der Waals surface area contributed by atoms with Crippen molar-refractivity contribution in [1.82, 2.24) is 10.2 Å². The third-order valence-electron chi connectivity index (χ3n) is 5.50. The number of hydrogen-bond donors (Lipinski definition) is 1. The molecular weight excluding hydrogens is 581 g/mol. The minimum atomic E-state index is -3.75. The van der Waals surface area contributed by atoms with E-state index in [9.17, 15) is 18.0 Å². The maximum atomic E-state index is 13.6. The first kappa shape index (κ1) is 28.9. The van der Waals surface area contributed by atoms with E-state index >= 15 is 0 Å². The van der Waals surface area contributed by atoms with Gasteiger partial charge >= 0.3 is 0 Å². The predicted molar refractivity (Wildman–Crippen MR) is 147 cm³/mol. The molecule has 0 heterocycles. The first-order valence-corrected chi connectivity index (χ1v) is 14.5. The third kappa shape index (κ3) is 8.68. The zero-order valence-electron chi connectivity index (χ0n) is 20.7.